The third-order valence-corrected chi connectivity index (χ3v) is 7.43. The van der Waals surface area contributed by atoms with Crippen molar-refractivity contribution < 1.29 is 19.4 Å². The van der Waals surface area contributed by atoms with Crippen LogP contribution in [0.2, 0.25) is 0 Å². The van der Waals surface area contributed by atoms with Crippen molar-refractivity contribution in [1.29, 1.82) is 0 Å². The molecule has 0 saturated carbocycles. The van der Waals surface area contributed by atoms with Crippen molar-refractivity contribution in [2.45, 2.75) is 187 Å². The minimum atomic E-state index is -0.774. The second kappa shape index (κ2) is 31.0. The second-order valence-corrected chi connectivity index (χ2v) is 11.3. The molecule has 0 bridgehead atoms. The zero-order chi connectivity index (χ0) is 28.7. The molecule has 0 spiro atoms. The van der Waals surface area contributed by atoms with Crippen LogP contribution < -0.4 is 0 Å². The number of carbonyl (C=O) groups excluding carboxylic acids is 1. The van der Waals surface area contributed by atoms with E-state index in [9.17, 15) is 9.59 Å². The van der Waals surface area contributed by atoms with E-state index in [-0.39, 0.29) is 18.5 Å². The summed E-state index contributed by atoms with van der Waals surface area (Å²) in [7, 11) is 0. The highest BCUT2D eigenvalue weighted by Crippen LogP contribution is 2.17. The zero-order valence-electron chi connectivity index (χ0n) is 25.9. The summed E-state index contributed by atoms with van der Waals surface area (Å²) in [5, 5.41) is 8.96. The van der Waals surface area contributed by atoms with E-state index in [1.807, 2.05) is 0 Å². The summed E-state index contributed by atoms with van der Waals surface area (Å²) in [6.07, 6.45) is 37.5. The smallest absolute Gasteiger partial charge is 0.306 e. The van der Waals surface area contributed by atoms with Crippen LogP contribution in [0.3, 0.4) is 0 Å². The molecule has 0 aromatic rings. The molecule has 0 radical (unpaired) electrons. The SMILES string of the molecule is CCCCC/C=C\C/C=C\CCCCCCCC(=O)OC(CCCCCCCCCCCC)CCCC(=O)O. The van der Waals surface area contributed by atoms with E-state index in [2.05, 4.69) is 38.2 Å². The lowest BCUT2D eigenvalue weighted by molar-refractivity contribution is -0.150. The van der Waals surface area contributed by atoms with Gasteiger partial charge in [0.1, 0.15) is 6.10 Å². The van der Waals surface area contributed by atoms with E-state index in [0.717, 1.165) is 38.5 Å². The van der Waals surface area contributed by atoms with Crippen LogP contribution in [0, 0.1) is 0 Å². The molecule has 0 amide bonds. The maximum atomic E-state index is 12.4. The first-order valence-corrected chi connectivity index (χ1v) is 16.8. The molecular weight excluding hydrogens is 484 g/mol. The van der Waals surface area contributed by atoms with Crippen LogP contribution in [-0.4, -0.2) is 23.1 Å². The Kier molecular flexibility index (Phi) is 29.7. The number of carboxylic acids is 1. The number of hydrogen-bond donors (Lipinski definition) is 1. The van der Waals surface area contributed by atoms with E-state index in [4.69, 9.17) is 9.84 Å². The molecule has 1 N–H and O–H groups in total. The Balaban J connectivity index is 3.88. The lowest BCUT2D eigenvalue weighted by Gasteiger charge is -2.18. The van der Waals surface area contributed by atoms with E-state index in [1.165, 1.54) is 103 Å². The van der Waals surface area contributed by atoms with Crippen LogP contribution in [0.15, 0.2) is 24.3 Å². The highest BCUT2D eigenvalue weighted by molar-refractivity contribution is 5.69. The number of carbonyl (C=O) groups is 2. The average Bonchev–Trinajstić information content (AvgIpc) is 2.91. The molecule has 0 heterocycles. The number of esters is 1. The number of carboxylic acid groups (broad SMARTS) is 1. The van der Waals surface area contributed by atoms with Crippen LogP contribution in [0.5, 0.6) is 0 Å². The summed E-state index contributed by atoms with van der Waals surface area (Å²) in [6, 6.07) is 0. The molecule has 0 aromatic carbocycles. The van der Waals surface area contributed by atoms with Gasteiger partial charge in [0.25, 0.3) is 0 Å². The van der Waals surface area contributed by atoms with Crippen molar-refractivity contribution in [2.24, 2.45) is 0 Å². The predicted molar refractivity (Wildman–Crippen MR) is 167 cm³/mol. The largest absolute Gasteiger partial charge is 0.481 e. The molecule has 0 aliphatic carbocycles. The summed E-state index contributed by atoms with van der Waals surface area (Å²) in [4.78, 5) is 23.3. The molecule has 0 aromatic heterocycles. The molecule has 0 fully saturated rings. The van der Waals surface area contributed by atoms with Gasteiger partial charge in [-0.05, 0) is 64.2 Å². The summed E-state index contributed by atoms with van der Waals surface area (Å²) in [5.74, 6) is -0.878. The minimum Gasteiger partial charge on any atom is -0.481 e. The molecule has 0 saturated heterocycles. The second-order valence-electron chi connectivity index (χ2n) is 11.3. The number of hydrogen-bond acceptors (Lipinski definition) is 3. The van der Waals surface area contributed by atoms with Gasteiger partial charge in [-0.1, -0.05) is 128 Å². The first-order chi connectivity index (χ1) is 19.1. The third kappa shape index (κ3) is 30.8. The fraction of sp³-hybridized carbons (Fsp3) is 0.829. The molecule has 39 heavy (non-hydrogen) atoms. The monoisotopic (exact) mass is 548 g/mol. The molecule has 1 unspecified atom stereocenters. The molecular formula is C35H64O4. The Morgan fingerprint density at radius 1 is 0.564 bits per heavy atom. The number of rotatable bonds is 30. The van der Waals surface area contributed by atoms with Gasteiger partial charge in [-0.15, -0.1) is 0 Å². The van der Waals surface area contributed by atoms with Crippen molar-refractivity contribution in [3.63, 3.8) is 0 Å². The predicted octanol–water partition coefficient (Wildman–Crippen LogP) is 11.3. The average molecular weight is 549 g/mol. The van der Waals surface area contributed by atoms with Gasteiger partial charge in [0.05, 0.1) is 0 Å². The van der Waals surface area contributed by atoms with Gasteiger partial charge in [-0.2, -0.15) is 0 Å². The minimum absolute atomic E-state index is 0.104. The quantitative estimate of drug-likeness (QED) is 0.0550. The lowest BCUT2D eigenvalue weighted by atomic mass is 10.0. The molecule has 0 aliphatic rings. The van der Waals surface area contributed by atoms with E-state index in [1.54, 1.807) is 0 Å². The molecule has 1 atom stereocenters. The van der Waals surface area contributed by atoms with E-state index < -0.39 is 5.97 Å². The van der Waals surface area contributed by atoms with E-state index >= 15 is 0 Å². The van der Waals surface area contributed by atoms with Crippen molar-refractivity contribution in [3.8, 4) is 0 Å². The highest BCUT2D eigenvalue weighted by Gasteiger charge is 2.15. The summed E-state index contributed by atoms with van der Waals surface area (Å²) < 4.78 is 5.79. The first-order valence-electron chi connectivity index (χ1n) is 16.8. The van der Waals surface area contributed by atoms with Crippen molar-refractivity contribution in [2.75, 3.05) is 0 Å². The van der Waals surface area contributed by atoms with Crippen LogP contribution in [-0.2, 0) is 14.3 Å². The highest BCUT2D eigenvalue weighted by atomic mass is 16.5. The van der Waals surface area contributed by atoms with Gasteiger partial charge in [-0.3, -0.25) is 9.59 Å². The van der Waals surface area contributed by atoms with Gasteiger partial charge in [0.15, 0.2) is 0 Å². The van der Waals surface area contributed by atoms with Crippen LogP contribution in [0.4, 0.5) is 0 Å². The fourth-order valence-corrected chi connectivity index (χ4v) is 4.93. The Labute approximate surface area is 242 Å². The maximum Gasteiger partial charge on any atom is 0.306 e. The Morgan fingerprint density at radius 2 is 1.03 bits per heavy atom. The standard InChI is InChI=1S/C35H64O4/c1-3-5-7-9-11-13-15-16-17-18-19-21-23-25-27-32-35(38)39-33(30-28-31-34(36)37)29-26-24-22-20-14-12-10-8-6-4-2/h11,13,16-17,33H,3-10,12,14-15,18-32H2,1-2H3,(H,36,37)/b13-11-,17-16-. The molecule has 228 valence electrons. The van der Waals surface area contributed by atoms with Gasteiger partial charge in [0, 0.05) is 12.8 Å². The fourth-order valence-electron chi connectivity index (χ4n) is 4.93. The summed E-state index contributed by atoms with van der Waals surface area (Å²) in [5.41, 5.74) is 0. The maximum absolute atomic E-state index is 12.4. The molecule has 4 nitrogen and oxygen atoms in total. The van der Waals surface area contributed by atoms with Crippen LogP contribution in [0.1, 0.15) is 181 Å². The summed E-state index contributed by atoms with van der Waals surface area (Å²) in [6.45, 7) is 4.50. The van der Waals surface area contributed by atoms with Gasteiger partial charge in [0.2, 0.25) is 0 Å². The number of allylic oxidation sites excluding steroid dienone is 4. The Hall–Kier alpha value is -1.58. The topological polar surface area (TPSA) is 63.6 Å². The lowest BCUT2D eigenvalue weighted by Crippen LogP contribution is -2.18. The van der Waals surface area contributed by atoms with Gasteiger partial charge in [-0.25, -0.2) is 0 Å². The summed E-state index contributed by atoms with van der Waals surface area (Å²) >= 11 is 0. The van der Waals surface area contributed by atoms with Gasteiger partial charge >= 0.3 is 11.9 Å². The molecule has 0 aliphatic heterocycles. The van der Waals surface area contributed by atoms with Crippen LogP contribution >= 0.6 is 0 Å². The zero-order valence-corrected chi connectivity index (χ0v) is 25.9. The number of unbranched alkanes of at least 4 members (excludes halogenated alkanes) is 17. The normalized spacial score (nSPS) is 12.5. The van der Waals surface area contributed by atoms with Gasteiger partial charge < -0.3 is 9.84 Å². The Morgan fingerprint density at radius 3 is 1.62 bits per heavy atom. The third-order valence-electron chi connectivity index (χ3n) is 7.43. The van der Waals surface area contributed by atoms with Crippen molar-refractivity contribution in [3.05, 3.63) is 24.3 Å². The Bertz CT molecular complexity index is 595. The van der Waals surface area contributed by atoms with Crippen LogP contribution in [0.25, 0.3) is 0 Å². The van der Waals surface area contributed by atoms with Crippen molar-refractivity contribution in [1.82, 2.24) is 0 Å². The molecule has 4 heteroatoms. The van der Waals surface area contributed by atoms with E-state index in [0.29, 0.717) is 19.3 Å². The van der Waals surface area contributed by atoms with Crippen molar-refractivity contribution >= 4 is 11.9 Å². The number of ether oxygens (including phenoxy) is 1. The molecule has 0 rings (SSSR count). The first kappa shape index (κ1) is 37.4. The number of aliphatic carboxylic acids is 1.